The van der Waals surface area contributed by atoms with Crippen LogP contribution in [0.15, 0.2) is 12.1 Å². The summed E-state index contributed by atoms with van der Waals surface area (Å²) < 4.78 is 13.4. The van der Waals surface area contributed by atoms with E-state index in [-0.39, 0.29) is 18.3 Å². The van der Waals surface area contributed by atoms with Crippen molar-refractivity contribution >= 4 is 17.3 Å². The summed E-state index contributed by atoms with van der Waals surface area (Å²) in [5.74, 6) is -2.20. The molecule has 0 saturated carbocycles. The Morgan fingerprint density at radius 3 is 2.76 bits per heavy atom. The SMILES string of the molecule is CC(CCO)Nc1cc(F)c(C(=O)O)cc1N. The van der Waals surface area contributed by atoms with Crippen LogP contribution in [0.3, 0.4) is 0 Å². The molecular formula is C11H15FN2O3. The van der Waals surface area contributed by atoms with Crippen molar-refractivity contribution in [2.75, 3.05) is 17.7 Å². The highest BCUT2D eigenvalue weighted by Gasteiger charge is 2.14. The number of carboxylic acids is 1. The average Bonchev–Trinajstić information content (AvgIpc) is 2.22. The highest BCUT2D eigenvalue weighted by atomic mass is 19.1. The molecule has 0 spiro atoms. The van der Waals surface area contributed by atoms with Crippen LogP contribution in [0.2, 0.25) is 0 Å². The first-order valence-electron chi connectivity index (χ1n) is 5.15. The fourth-order valence-corrected chi connectivity index (χ4v) is 1.41. The van der Waals surface area contributed by atoms with Gasteiger partial charge in [-0.05, 0) is 25.5 Å². The third-order valence-electron chi connectivity index (χ3n) is 2.33. The highest BCUT2D eigenvalue weighted by molar-refractivity contribution is 5.90. The molecule has 94 valence electrons. The molecule has 0 aliphatic rings. The molecule has 0 saturated heterocycles. The van der Waals surface area contributed by atoms with E-state index < -0.39 is 17.3 Å². The average molecular weight is 242 g/mol. The van der Waals surface area contributed by atoms with Gasteiger partial charge in [-0.15, -0.1) is 0 Å². The van der Waals surface area contributed by atoms with Gasteiger partial charge in [0.1, 0.15) is 5.82 Å². The van der Waals surface area contributed by atoms with E-state index in [1.807, 2.05) is 0 Å². The predicted molar refractivity (Wildman–Crippen MR) is 62.6 cm³/mol. The van der Waals surface area contributed by atoms with E-state index >= 15 is 0 Å². The maximum atomic E-state index is 13.4. The number of aliphatic hydroxyl groups excluding tert-OH is 1. The van der Waals surface area contributed by atoms with Crippen molar-refractivity contribution in [1.82, 2.24) is 0 Å². The molecule has 1 unspecified atom stereocenters. The van der Waals surface area contributed by atoms with E-state index in [4.69, 9.17) is 15.9 Å². The molecule has 1 atom stereocenters. The number of carbonyl (C=O) groups is 1. The van der Waals surface area contributed by atoms with Gasteiger partial charge in [0.25, 0.3) is 0 Å². The van der Waals surface area contributed by atoms with Crippen LogP contribution in [0.5, 0.6) is 0 Å². The number of hydrogen-bond donors (Lipinski definition) is 4. The number of hydrogen-bond acceptors (Lipinski definition) is 4. The Labute approximate surface area is 98.1 Å². The highest BCUT2D eigenvalue weighted by Crippen LogP contribution is 2.24. The Balaban J connectivity index is 2.95. The molecule has 0 aliphatic carbocycles. The van der Waals surface area contributed by atoms with Gasteiger partial charge < -0.3 is 21.3 Å². The lowest BCUT2D eigenvalue weighted by Crippen LogP contribution is -2.18. The zero-order chi connectivity index (χ0) is 13.0. The molecule has 0 aliphatic heterocycles. The molecule has 5 N–H and O–H groups in total. The zero-order valence-electron chi connectivity index (χ0n) is 9.40. The maximum Gasteiger partial charge on any atom is 0.338 e. The predicted octanol–water partition coefficient (Wildman–Crippen LogP) is 1.29. The van der Waals surface area contributed by atoms with Crippen molar-refractivity contribution in [3.63, 3.8) is 0 Å². The summed E-state index contributed by atoms with van der Waals surface area (Å²) in [5.41, 5.74) is 5.65. The number of anilines is 2. The summed E-state index contributed by atoms with van der Waals surface area (Å²) in [5, 5.41) is 20.3. The van der Waals surface area contributed by atoms with E-state index in [0.29, 0.717) is 12.1 Å². The Kier molecular flexibility index (Phi) is 4.28. The Hall–Kier alpha value is -1.82. The number of nitrogens with one attached hydrogen (secondary N) is 1. The minimum Gasteiger partial charge on any atom is -0.478 e. The summed E-state index contributed by atoms with van der Waals surface area (Å²) in [4.78, 5) is 10.7. The van der Waals surface area contributed by atoms with E-state index in [2.05, 4.69) is 5.32 Å². The van der Waals surface area contributed by atoms with Gasteiger partial charge in [-0.3, -0.25) is 0 Å². The molecule has 0 radical (unpaired) electrons. The molecule has 0 fully saturated rings. The van der Waals surface area contributed by atoms with Crippen molar-refractivity contribution < 1.29 is 19.4 Å². The summed E-state index contributed by atoms with van der Waals surface area (Å²) in [6.07, 6.45) is 0.488. The number of halogens is 1. The molecule has 0 amide bonds. The second-order valence-electron chi connectivity index (χ2n) is 3.78. The topological polar surface area (TPSA) is 95.6 Å². The lowest BCUT2D eigenvalue weighted by atomic mass is 10.1. The molecule has 1 rings (SSSR count). The lowest BCUT2D eigenvalue weighted by molar-refractivity contribution is 0.0692. The second-order valence-corrected chi connectivity index (χ2v) is 3.78. The van der Waals surface area contributed by atoms with Gasteiger partial charge in [0.05, 0.1) is 16.9 Å². The van der Waals surface area contributed by atoms with E-state index in [9.17, 15) is 9.18 Å². The van der Waals surface area contributed by atoms with Gasteiger partial charge >= 0.3 is 5.97 Å². The third-order valence-corrected chi connectivity index (χ3v) is 2.33. The quantitative estimate of drug-likeness (QED) is 0.583. The first-order chi connectivity index (χ1) is 7.95. The second kappa shape index (κ2) is 5.49. The zero-order valence-corrected chi connectivity index (χ0v) is 9.40. The fraction of sp³-hybridized carbons (Fsp3) is 0.364. The van der Waals surface area contributed by atoms with E-state index in [0.717, 1.165) is 12.1 Å². The van der Waals surface area contributed by atoms with Gasteiger partial charge in [0.15, 0.2) is 0 Å². The van der Waals surface area contributed by atoms with Crippen molar-refractivity contribution in [1.29, 1.82) is 0 Å². The van der Waals surface area contributed by atoms with Crippen molar-refractivity contribution in [2.24, 2.45) is 0 Å². The third kappa shape index (κ3) is 3.32. The number of nitrogens with two attached hydrogens (primary N) is 1. The first kappa shape index (κ1) is 13.2. The monoisotopic (exact) mass is 242 g/mol. The van der Waals surface area contributed by atoms with Gasteiger partial charge in [0.2, 0.25) is 0 Å². The smallest absolute Gasteiger partial charge is 0.338 e. The maximum absolute atomic E-state index is 13.4. The molecule has 0 heterocycles. The van der Waals surface area contributed by atoms with Crippen LogP contribution in [0.25, 0.3) is 0 Å². The van der Waals surface area contributed by atoms with Crippen molar-refractivity contribution in [3.05, 3.63) is 23.5 Å². The summed E-state index contributed by atoms with van der Waals surface area (Å²) >= 11 is 0. The van der Waals surface area contributed by atoms with Gasteiger partial charge in [-0.1, -0.05) is 0 Å². The van der Waals surface area contributed by atoms with Crippen LogP contribution in [-0.2, 0) is 0 Å². The molecular weight excluding hydrogens is 227 g/mol. The van der Waals surface area contributed by atoms with Crippen LogP contribution >= 0.6 is 0 Å². The Bertz CT molecular complexity index is 423. The summed E-state index contributed by atoms with van der Waals surface area (Å²) in [6.45, 7) is 1.81. The number of carboxylic acid groups (broad SMARTS) is 1. The molecule has 17 heavy (non-hydrogen) atoms. The Morgan fingerprint density at radius 2 is 2.24 bits per heavy atom. The van der Waals surface area contributed by atoms with Crippen LogP contribution < -0.4 is 11.1 Å². The van der Waals surface area contributed by atoms with Gasteiger partial charge in [0, 0.05) is 12.6 Å². The van der Waals surface area contributed by atoms with Crippen molar-refractivity contribution in [3.8, 4) is 0 Å². The van der Waals surface area contributed by atoms with Gasteiger partial charge in [-0.2, -0.15) is 0 Å². The van der Waals surface area contributed by atoms with Gasteiger partial charge in [-0.25, -0.2) is 9.18 Å². The summed E-state index contributed by atoms with van der Waals surface area (Å²) in [6, 6.07) is 2.04. The van der Waals surface area contributed by atoms with Crippen LogP contribution in [-0.4, -0.2) is 28.8 Å². The van der Waals surface area contributed by atoms with Crippen LogP contribution in [0.1, 0.15) is 23.7 Å². The molecule has 0 aromatic heterocycles. The normalized spacial score (nSPS) is 12.2. The molecule has 1 aromatic rings. The van der Waals surface area contributed by atoms with Crippen LogP contribution in [0.4, 0.5) is 15.8 Å². The lowest BCUT2D eigenvalue weighted by Gasteiger charge is -2.16. The largest absolute Gasteiger partial charge is 0.478 e. The Morgan fingerprint density at radius 1 is 1.59 bits per heavy atom. The van der Waals surface area contributed by atoms with E-state index in [1.165, 1.54) is 0 Å². The number of aliphatic hydroxyl groups is 1. The fourth-order valence-electron chi connectivity index (χ4n) is 1.41. The number of nitrogen functional groups attached to an aromatic ring is 1. The molecule has 6 heteroatoms. The van der Waals surface area contributed by atoms with Crippen molar-refractivity contribution in [2.45, 2.75) is 19.4 Å². The standard InChI is InChI=1S/C11H15FN2O3/c1-6(2-3-15)14-10-5-8(12)7(11(16)17)4-9(10)13/h4-6,14-15H,2-3,13H2,1H3,(H,16,17). The number of rotatable bonds is 5. The number of benzene rings is 1. The minimum atomic E-state index is -1.36. The molecule has 0 bridgehead atoms. The number of aromatic carboxylic acids is 1. The molecule has 5 nitrogen and oxygen atoms in total. The van der Waals surface area contributed by atoms with Crippen LogP contribution in [0, 0.1) is 5.82 Å². The van der Waals surface area contributed by atoms with E-state index in [1.54, 1.807) is 6.92 Å². The minimum absolute atomic E-state index is 0.00373. The molecule has 1 aromatic carbocycles. The first-order valence-corrected chi connectivity index (χ1v) is 5.15. The summed E-state index contributed by atoms with van der Waals surface area (Å²) in [7, 11) is 0.